The minimum absolute atomic E-state index is 0.0778. The number of aliphatic hydroxyl groups excluding tert-OH is 1. The van der Waals surface area contributed by atoms with Crippen molar-refractivity contribution < 1.29 is 33.7 Å². The lowest BCUT2D eigenvalue weighted by molar-refractivity contribution is -0.140. The fourth-order valence-corrected chi connectivity index (χ4v) is 5.04. The van der Waals surface area contributed by atoms with Gasteiger partial charge in [-0.05, 0) is 63.7 Å². The van der Waals surface area contributed by atoms with E-state index in [2.05, 4.69) is 23.7 Å². The highest BCUT2D eigenvalue weighted by atomic mass is 16.5. The summed E-state index contributed by atoms with van der Waals surface area (Å²) in [7, 11) is 4.28. The van der Waals surface area contributed by atoms with Crippen LogP contribution in [0.25, 0.3) is 5.76 Å². The Morgan fingerprint density at radius 1 is 1.11 bits per heavy atom. The van der Waals surface area contributed by atoms with Gasteiger partial charge in [0.15, 0.2) is 0 Å². The minimum atomic E-state index is -0.924. The van der Waals surface area contributed by atoms with Crippen LogP contribution in [0.15, 0.2) is 23.8 Å². The van der Waals surface area contributed by atoms with E-state index in [0.717, 1.165) is 19.6 Å². The molecule has 2 heterocycles. The predicted molar refractivity (Wildman–Crippen MR) is 143 cm³/mol. The van der Waals surface area contributed by atoms with Gasteiger partial charge in [0, 0.05) is 23.4 Å². The quantitative estimate of drug-likeness (QED) is 0.197. The van der Waals surface area contributed by atoms with E-state index in [0.29, 0.717) is 41.3 Å². The molecular formula is C28H37N3O7. The molecule has 1 atom stereocenters. The summed E-state index contributed by atoms with van der Waals surface area (Å²) in [5.74, 6) is -1.54. The molecule has 1 aliphatic heterocycles. The van der Waals surface area contributed by atoms with Crippen molar-refractivity contribution in [2.24, 2.45) is 0 Å². The highest BCUT2D eigenvalue weighted by Gasteiger charge is 2.47. The second kappa shape index (κ2) is 12.2. The van der Waals surface area contributed by atoms with Crippen LogP contribution in [0.5, 0.6) is 11.5 Å². The Morgan fingerprint density at radius 2 is 1.79 bits per heavy atom. The highest BCUT2D eigenvalue weighted by molar-refractivity contribution is 6.46. The number of aryl methyl sites for hydroxylation is 1. The Bertz CT molecular complexity index is 1240. The second-order valence-corrected chi connectivity index (χ2v) is 9.10. The number of Topliss-reactive ketones (excluding diaryl/α,β-unsaturated/α-hetero) is 1. The number of aromatic amines is 1. The van der Waals surface area contributed by atoms with Gasteiger partial charge in [-0.3, -0.25) is 9.59 Å². The molecule has 1 unspecified atom stereocenters. The van der Waals surface area contributed by atoms with Crippen molar-refractivity contribution in [1.29, 1.82) is 0 Å². The zero-order valence-electron chi connectivity index (χ0n) is 23.1. The number of ether oxygens (including phenoxy) is 3. The molecule has 1 aliphatic rings. The van der Waals surface area contributed by atoms with Gasteiger partial charge in [0.05, 0.1) is 32.9 Å². The maximum Gasteiger partial charge on any atom is 0.354 e. The average molecular weight is 528 g/mol. The Hall–Kier alpha value is -3.79. The maximum atomic E-state index is 13.5. The van der Waals surface area contributed by atoms with Gasteiger partial charge in [-0.1, -0.05) is 13.8 Å². The van der Waals surface area contributed by atoms with Crippen LogP contribution in [-0.4, -0.2) is 85.1 Å². The maximum absolute atomic E-state index is 13.5. The van der Waals surface area contributed by atoms with Gasteiger partial charge in [0.25, 0.3) is 11.7 Å². The topological polar surface area (TPSA) is 121 Å². The molecule has 1 fully saturated rings. The summed E-state index contributed by atoms with van der Waals surface area (Å²) in [6.07, 6.45) is 0.631. The van der Waals surface area contributed by atoms with Gasteiger partial charge in [-0.25, -0.2) is 4.79 Å². The van der Waals surface area contributed by atoms with Crippen LogP contribution < -0.4 is 9.47 Å². The predicted octanol–water partition coefficient (Wildman–Crippen LogP) is 3.59. The van der Waals surface area contributed by atoms with Gasteiger partial charge < -0.3 is 34.1 Å². The number of ketones is 1. The standard InChI is InChI=1S/C28H37N3O7/c1-8-30(9-2)13-10-14-31-24(19-15-18(36-5)11-12-20(19)37-6)22(26(33)27(31)34)25(32)21-16(3)23(28(35)38-7)29-17(21)4/h11-12,15,24,29,32H,8-10,13-14H2,1-7H3. The lowest BCUT2D eigenvalue weighted by Gasteiger charge is -2.28. The van der Waals surface area contributed by atoms with Crippen molar-refractivity contribution in [2.75, 3.05) is 47.5 Å². The van der Waals surface area contributed by atoms with E-state index in [1.54, 1.807) is 32.0 Å². The van der Waals surface area contributed by atoms with Crippen molar-refractivity contribution in [3.05, 3.63) is 51.9 Å². The Labute approximate surface area is 223 Å². The summed E-state index contributed by atoms with van der Waals surface area (Å²) in [6.45, 7) is 10.2. The second-order valence-electron chi connectivity index (χ2n) is 9.10. The number of methoxy groups -OCH3 is 3. The first-order valence-corrected chi connectivity index (χ1v) is 12.6. The van der Waals surface area contributed by atoms with Crippen LogP contribution >= 0.6 is 0 Å². The third kappa shape index (κ3) is 5.26. The SMILES string of the molecule is CCN(CC)CCCN1C(=O)C(=O)C(=C(O)c2c(C)[nH]c(C(=O)OC)c2C)C1c1cc(OC)ccc1OC. The first-order chi connectivity index (χ1) is 18.1. The molecule has 2 aromatic rings. The normalized spacial score (nSPS) is 16.8. The van der Waals surface area contributed by atoms with Gasteiger partial charge in [0.2, 0.25) is 0 Å². The molecule has 1 aromatic heterocycles. The van der Waals surface area contributed by atoms with Crippen molar-refractivity contribution in [2.45, 2.75) is 40.2 Å². The smallest absolute Gasteiger partial charge is 0.354 e. The molecule has 0 bridgehead atoms. The number of H-pyrrole nitrogens is 1. The third-order valence-corrected chi connectivity index (χ3v) is 7.10. The van der Waals surface area contributed by atoms with Crippen molar-refractivity contribution >= 4 is 23.4 Å². The summed E-state index contributed by atoms with van der Waals surface area (Å²) in [4.78, 5) is 45.8. The minimum Gasteiger partial charge on any atom is -0.507 e. The number of carbonyl (C=O) groups excluding carboxylic acids is 3. The molecule has 38 heavy (non-hydrogen) atoms. The molecular weight excluding hydrogens is 490 g/mol. The number of hydrogen-bond acceptors (Lipinski definition) is 8. The first-order valence-electron chi connectivity index (χ1n) is 12.6. The van der Waals surface area contributed by atoms with Crippen LogP contribution in [0.2, 0.25) is 0 Å². The number of benzene rings is 1. The molecule has 10 nitrogen and oxygen atoms in total. The van der Waals surface area contributed by atoms with Gasteiger partial charge in [-0.15, -0.1) is 0 Å². The van der Waals surface area contributed by atoms with E-state index in [4.69, 9.17) is 14.2 Å². The molecule has 0 aliphatic carbocycles. The molecule has 0 radical (unpaired) electrons. The van der Waals surface area contributed by atoms with E-state index < -0.39 is 23.7 Å². The fraction of sp³-hybridized carbons (Fsp3) is 0.464. The van der Waals surface area contributed by atoms with Crippen molar-refractivity contribution in [1.82, 2.24) is 14.8 Å². The molecule has 206 valence electrons. The number of rotatable bonds is 11. The van der Waals surface area contributed by atoms with E-state index in [1.807, 2.05) is 0 Å². The molecule has 1 aromatic carbocycles. The number of nitrogens with one attached hydrogen (secondary N) is 1. The zero-order chi connectivity index (χ0) is 28.1. The molecule has 2 N–H and O–H groups in total. The highest BCUT2D eigenvalue weighted by Crippen LogP contribution is 2.44. The number of aromatic nitrogens is 1. The molecule has 10 heteroatoms. The number of hydrogen-bond donors (Lipinski definition) is 2. The van der Waals surface area contributed by atoms with Crippen molar-refractivity contribution in [3.8, 4) is 11.5 Å². The molecule has 1 saturated heterocycles. The van der Waals surface area contributed by atoms with Crippen LogP contribution in [0.4, 0.5) is 0 Å². The Kier molecular flexibility index (Phi) is 9.22. The first kappa shape index (κ1) is 28.8. The van der Waals surface area contributed by atoms with Gasteiger partial charge in [0.1, 0.15) is 23.0 Å². The number of nitrogens with zero attached hydrogens (tertiary/aromatic N) is 2. The van der Waals surface area contributed by atoms with Gasteiger partial charge >= 0.3 is 5.97 Å². The summed E-state index contributed by atoms with van der Waals surface area (Å²) < 4.78 is 15.9. The monoisotopic (exact) mass is 527 g/mol. The lowest BCUT2D eigenvalue weighted by Crippen LogP contribution is -2.33. The van der Waals surface area contributed by atoms with E-state index in [-0.39, 0.29) is 22.6 Å². The number of carbonyl (C=O) groups is 3. The molecule has 3 rings (SSSR count). The van der Waals surface area contributed by atoms with Crippen LogP contribution in [-0.2, 0) is 14.3 Å². The van der Waals surface area contributed by atoms with Crippen LogP contribution in [0, 0.1) is 13.8 Å². The van der Waals surface area contributed by atoms with E-state index >= 15 is 0 Å². The van der Waals surface area contributed by atoms with Crippen molar-refractivity contribution in [3.63, 3.8) is 0 Å². The lowest BCUT2D eigenvalue weighted by atomic mass is 9.93. The van der Waals surface area contributed by atoms with E-state index in [1.165, 1.54) is 26.2 Å². The largest absolute Gasteiger partial charge is 0.507 e. The number of aliphatic hydroxyl groups is 1. The van der Waals surface area contributed by atoms with Crippen LogP contribution in [0.3, 0.4) is 0 Å². The average Bonchev–Trinajstić information content (AvgIpc) is 3.36. The van der Waals surface area contributed by atoms with Gasteiger partial charge in [-0.2, -0.15) is 0 Å². The molecule has 0 saturated carbocycles. The van der Waals surface area contributed by atoms with Crippen LogP contribution in [0.1, 0.15) is 59.2 Å². The zero-order valence-corrected chi connectivity index (χ0v) is 23.1. The summed E-state index contributed by atoms with van der Waals surface area (Å²) in [5.41, 5.74) is 1.75. The third-order valence-electron chi connectivity index (χ3n) is 7.10. The van der Waals surface area contributed by atoms with E-state index in [9.17, 15) is 19.5 Å². The fourth-order valence-electron chi connectivity index (χ4n) is 5.04. The summed E-state index contributed by atoms with van der Waals surface area (Å²) >= 11 is 0. The number of amides is 1. The Balaban J connectivity index is 2.22. The summed E-state index contributed by atoms with van der Waals surface area (Å²) in [5, 5.41) is 11.6. The number of likely N-dealkylation sites (tertiary alicyclic amines) is 1. The number of esters is 1. The summed E-state index contributed by atoms with van der Waals surface area (Å²) in [6, 6.07) is 4.20. The Morgan fingerprint density at radius 3 is 2.37 bits per heavy atom. The molecule has 0 spiro atoms. The molecule has 1 amide bonds.